The lowest BCUT2D eigenvalue weighted by Gasteiger charge is -2.13. The van der Waals surface area contributed by atoms with E-state index in [1.54, 1.807) is 20.1 Å². The van der Waals surface area contributed by atoms with Crippen molar-refractivity contribution < 1.29 is 9.53 Å². The minimum atomic E-state index is 0.0540. The molecule has 86 valence electrons. The Bertz CT molecular complexity index is 443. The van der Waals surface area contributed by atoms with Gasteiger partial charge < -0.3 is 4.74 Å². The molecule has 2 nitrogen and oxygen atoms in total. The van der Waals surface area contributed by atoms with E-state index in [2.05, 4.69) is 6.07 Å². The molecule has 1 rings (SSSR count). The normalized spacial score (nSPS) is 10.8. The molecule has 0 aliphatic heterocycles. The summed E-state index contributed by atoms with van der Waals surface area (Å²) in [5.41, 5.74) is 4.43. The Morgan fingerprint density at radius 3 is 2.38 bits per heavy atom. The number of allylic oxidation sites excluding steroid dienone is 1. The van der Waals surface area contributed by atoms with Crippen LogP contribution in [0.2, 0.25) is 0 Å². The third-order valence-corrected chi connectivity index (χ3v) is 2.65. The van der Waals surface area contributed by atoms with E-state index in [1.165, 1.54) is 0 Å². The van der Waals surface area contributed by atoms with Crippen molar-refractivity contribution in [1.82, 2.24) is 0 Å². The van der Waals surface area contributed by atoms with Gasteiger partial charge in [-0.25, -0.2) is 0 Å². The maximum absolute atomic E-state index is 10.9. The number of hydrogen-bond donors (Lipinski definition) is 0. The number of carbonyl (C=O) groups is 1. The first-order chi connectivity index (χ1) is 7.47. The van der Waals surface area contributed by atoms with Crippen molar-refractivity contribution in [3.63, 3.8) is 0 Å². The van der Waals surface area contributed by atoms with Crippen molar-refractivity contribution >= 4 is 11.9 Å². The first kappa shape index (κ1) is 12.5. The Labute approximate surface area is 96.9 Å². The van der Waals surface area contributed by atoms with Crippen molar-refractivity contribution in [3.05, 3.63) is 34.4 Å². The number of hydrogen-bond acceptors (Lipinski definition) is 2. The van der Waals surface area contributed by atoms with Crippen molar-refractivity contribution in [3.8, 4) is 5.75 Å². The minimum absolute atomic E-state index is 0.0540. The molecule has 0 aliphatic rings. The molecule has 0 fully saturated rings. The molecule has 0 aromatic heterocycles. The standard InChI is InChI=1S/C14H18O2/c1-9-8-10(2)14(16-5)12(4)13(9)7-6-11(3)15/h6-8H,1-5H3. The Morgan fingerprint density at radius 1 is 1.25 bits per heavy atom. The van der Waals surface area contributed by atoms with Crippen LogP contribution in [0.3, 0.4) is 0 Å². The highest BCUT2D eigenvalue weighted by atomic mass is 16.5. The van der Waals surface area contributed by atoms with Crippen LogP contribution in [0.5, 0.6) is 5.75 Å². The molecule has 0 spiro atoms. The third-order valence-electron chi connectivity index (χ3n) is 2.65. The van der Waals surface area contributed by atoms with Gasteiger partial charge in [-0.2, -0.15) is 0 Å². The maximum Gasteiger partial charge on any atom is 0.152 e. The van der Waals surface area contributed by atoms with Gasteiger partial charge in [0.15, 0.2) is 5.78 Å². The van der Waals surface area contributed by atoms with E-state index in [4.69, 9.17) is 4.74 Å². The van der Waals surface area contributed by atoms with Crippen LogP contribution in [0, 0.1) is 20.8 Å². The molecular formula is C14H18O2. The van der Waals surface area contributed by atoms with E-state index in [1.807, 2.05) is 26.8 Å². The summed E-state index contributed by atoms with van der Waals surface area (Å²) in [5, 5.41) is 0. The summed E-state index contributed by atoms with van der Waals surface area (Å²) < 4.78 is 5.36. The maximum atomic E-state index is 10.9. The van der Waals surface area contributed by atoms with Crippen molar-refractivity contribution in [2.24, 2.45) is 0 Å². The predicted molar refractivity (Wildman–Crippen MR) is 66.9 cm³/mol. The summed E-state index contributed by atoms with van der Waals surface area (Å²) in [6.07, 6.45) is 3.44. The van der Waals surface area contributed by atoms with E-state index in [0.717, 1.165) is 28.0 Å². The van der Waals surface area contributed by atoms with Gasteiger partial charge in [0.1, 0.15) is 5.75 Å². The topological polar surface area (TPSA) is 26.3 Å². The van der Waals surface area contributed by atoms with Crippen LogP contribution in [0.15, 0.2) is 12.1 Å². The van der Waals surface area contributed by atoms with Crippen molar-refractivity contribution in [2.45, 2.75) is 27.7 Å². The van der Waals surface area contributed by atoms with Crippen LogP contribution < -0.4 is 4.74 Å². The van der Waals surface area contributed by atoms with E-state index in [0.29, 0.717) is 0 Å². The zero-order chi connectivity index (χ0) is 12.3. The smallest absolute Gasteiger partial charge is 0.152 e. The Morgan fingerprint density at radius 2 is 1.88 bits per heavy atom. The fourth-order valence-electron chi connectivity index (χ4n) is 1.95. The fourth-order valence-corrected chi connectivity index (χ4v) is 1.95. The van der Waals surface area contributed by atoms with Crippen LogP contribution in [0.4, 0.5) is 0 Å². The molecule has 0 saturated heterocycles. The molecular weight excluding hydrogens is 200 g/mol. The highest BCUT2D eigenvalue weighted by molar-refractivity contribution is 5.92. The molecule has 1 aromatic rings. The largest absolute Gasteiger partial charge is 0.496 e. The monoisotopic (exact) mass is 218 g/mol. The average Bonchev–Trinajstić information content (AvgIpc) is 2.16. The summed E-state index contributed by atoms with van der Waals surface area (Å²) in [7, 11) is 1.67. The summed E-state index contributed by atoms with van der Waals surface area (Å²) in [4.78, 5) is 10.9. The second-order valence-electron chi connectivity index (χ2n) is 4.03. The second-order valence-corrected chi connectivity index (χ2v) is 4.03. The molecule has 0 unspecified atom stereocenters. The molecule has 0 N–H and O–H groups in total. The van der Waals surface area contributed by atoms with Gasteiger partial charge in [-0.1, -0.05) is 12.1 Å². The van der Waals surface area contributed by atoms with Gasteiger partial charge in [0.05, 0.1) is 7.11 Å². The molecule has 0 amide bonds. The lowest BCUT2D eigenvalue weighted by Crippen LogP contribution is -1.96. The number of carbonyl (C=O) groups excluding carboxylic acids is 1. The van der Waals surface area contributed by atoms with E-state index in [9.17, 15) is 4.79 Å². The first-order valence-corrected chi connectivity index (χ1v) is 5.30. The molecule has 0 aliphatic carbocycles. The molecule has 2 heteroatoms. The molecule has 0 heterocycles. The SMILES string of the molecule is COc1c(C)cc(C)c(C=CC(C)=O)c1C. The average molecular weight is 218 g/mol. The highest BCUT2D eigenvalue weighted by Crippen LogP contribution is 2.29. The van der Waals surface area contributed by atoms with E-state index in [-0.39, 0.29) is 5.78 Å². The molecule has 0 atom stereocenters. The van der Waals surface area contributed by atoms with Gasteiger partial charge in [-0.15, -0.1) is 0 Å². The lowest BCUT2D eigenvalue weighted by molar-refractivity contribution is -0.112. The number of ketones is 1. The van der Waals surface area contributed by atoms with Gasteiger partial charge in [0, 0.05) is 0 Å². The number of methoxy groups -OCH3 is 1. The molecule has 0 radical (unpaired) electrons. The van der Waals surface area contributed by atoms with Crippen LogP contribution >= 0.6 is 0 Å². The molecule has 1 aromatic carbocycles. The molecule has 16 heavy (non-hydrogen) atoms. The van der Waals surface area contributed by atoms with Crippen LogP contribution in [-0.4, -0.2) is 12.9 Å². The minimum Gasteiger partial charge on any atom is -0.496 e. The number of ether oxygens (including phenoxy) is 1. The van der Waals surface area contributed by atoms with Gasteiger partial charge in [-0.3, -0.25) is 4.79 Å². The number of benzene rings is 1. The van der Waals surface area contributed by atoms with Gasteiger partial charge in [-0.05, 0) is 56.0 Å². The van der Waals surface area contributed by atoms with Crippen LogP contribution in [0.25, 0.3) is 6.08 Å². The van der Waals surface area contributed by atoms with Crippen LogP contribution in [0.1, 0.15) is 29.2 Å². The Hall–Kier alpha value is -1.57. The lowest BCUT2D eigenvalue weighted by atomic mass is 9.98. The predicted octanol–water partition coefficient (Wildman–Crippen LogP) is 3.22. The van der Waals surface area contributed by atoms with E-state index >= 15 is 0 Å². The summed E-state index contributed by atoms with van der Waals surface area (Å²) >= 11 is 0. The summed E-state index contributed by atoms with van der Waals surface area (Å²) in [6.45, 7) is 7.63. The Kier molecular flexibility index (Phi) is 3.88. The van der Waals surface area contributed by atoms with Crippen LogP contribution in [-0.2, 0) is 4.79 Å². The zero-order valence-corrected chi connectivity index (χ0v) is 10.5. The summed E-state index contributed by atoms with van der Waals surface area (Å²) in [6, 6.07) is 2.08. The highest BCUT2D eigenvalue weighted by Gasteiger charge is 2.09. The van der Waals surface area contributed by atoms with E-state index < -0.39 is 0 Å². The number of aryl methyl sites for hydroxylation is 2. The van der Waals surface area contributed by atoms with Gasteiger partial charge in [0.2, 0.25) is 0 Å². The van der Waals surface area contributed by atoms with Crippen molar-refractivity contribution in [1.29, 1.82) is 0 Å². The Balaban J connectivity index is 3.33. The fraction of sp³-hybridized carbons (Fsp3) is 0.357. The quantitative estimate of drug-likeness (QED) is 0.728. The van der Waals surface area contributed by atoms with Gasteiger partial charge >= 0.3 is 0 Å². The third kappa shape index (κ3) is 2.51. The number of rotatable bonds is 3. The summed E-state index contributed by atoms with van der Waals surface area (Å²) in [5.74, 6) is 0.951. The zero-order valence-electron chi connectivity index (χ0n) is 10.5. The van der Waals surface area contributed by atoms with Crippen molar-refractivity contribution in [2.75, 3.05) is 7.11 Å². The molecule has 0 bridgehead atoms. The second kappa shape index (κ2) is 4.97. The molecule has 0 saturated carbocycles. The van der Waals surface area contributed by atoms with Gasteiger partial charge in [0.25, 0.3) is 0 Å². The first-order valence-electron chi connectivity index (χ1n) is 5.30.